The maximum absolute atomic E-state index is 14.2. The standard InChI is InChI=1S/C44H68FN5O5S/c1-11-31(6)42(49(9)44(54)40(29(2)3)47-43(53)41(30(4)5)48(7)8)36(55-10)27-39(52)50-25-15-18-35(50)23-24-37(51)46-38(26-32-16-13-12-14-17-32)56-28-33-19-21-34(45)22-20-33/h12-14,16-17,19-22,29-31,35-36,38,40-42H,11,15,18,23-28H2,1-10H3,(H,46,51)(H,47,53). The lowest BCUT2D eigenvalue weighted by atomic mass is 9.89. The highest BCUT2D eigenvalue weighted by Crippen LogP contribution is 2.28. The Labute approximate surface area is 340 Å². The fourth-order valence-electron chi connectivity index (χ4n) is 7.89. The van der Waals surface area contributed by atoms with Crippen molar-refractivity contribution in [1.29, 1.82) is 0 Å². The van der Waals surface area contributed by atoms with Gasteiger partial charge in [0, 0.05) is 45.3 Å². The van der Waals surface area contributed by atoms with Crippen LogP contribution in [0.15, 0.2) is 54.6 Å². The number of hydrogen-bond acceptors (Lipinski definition) is 7. The Morgan fingerprint density at radius 2 is 1.59 bits per heavy atom. The van der Waals surface area contributed by atoms with E-state index in [1.165, 1.54) is 12.1 Å². The van der Waals surface area contributed by atoms with Gasteiger partial charge in [-0.25, -0.2) is 4.39 Å². The average molecular weight is 798 g/mol. The van der Waals surface area contributed by atoms with Gasteiger partial charge in [0.05, 0.1) is 30.0 Å². The van der Waals surface area contributed by atoms with E-state index in [-0.39, 0.29) is 77.5 Å². The molecule has 4 amide bonds. The molecule has 1 saturated heterocycles. The Bertz CT molecular complexity index is 1520. The monoisotopic (exact) mass is 797 g/mol. The fraction of sp³-hybridized carbons (Fsp3) is 0.636. The predicted octanol–water partition coefficient (Wildman–Crippen LogP) is 6.52. The molecule has 0 aromatic heterocycles. The highest BCUT2D eigenvalue weighted by molar-refractivity contribution is 7.99. The maximum Gasteiger partial charge on any atom is 0.245 e. The largest absolute Gasteiger partial charge is 0.379 e. The van der Waals surface area contributed by atoms with Crippen molar-refractivity contribution >= 4 is 35.4 Å². The normalized spacial score (nSPS) is 17.7. The van der Waals surface area contributed by atoms with E-state index in [0.29, 0.717) is 25.1 Å². The lowest BCUT2D eigenvalue weighted by molar-refractivity contribution is -0.146. The highest BCUT2D eigenvalue weighted by Gasteiger charge is 2.40. The van der Waals surface area contributed by atoms with E-state index in [4.69, 9.17) is 4.74 Å². The maximum atomic E-state index is 14.2. The molecule has 1 aliphatic heterocycles. The highest BCUT2D eigenvalue weighted by atomic mass is 32.2. The zero-order valence-electron chi connectivity index (χ0n) is 35.4. The van der Waals surface area contributed by atoms with Crippen molar-refractivity contribution < 1.29 is 28.3 Å². The number of ether oxygens (including phenoxy) is 1. The van der Waals surface area contributed by atoms with E-state index < -0.39 is 18.2 Å². The number of likely N-dealkylation sites (N-methyl/N-ethyl adjacent to an activating group) is 2. The van der Waals surface area contributed by atoms with Crippen molar-refractivity contribution in [2.75, 3.05) is 34.8 Å². The number of likely N-dealkylation sites (tertiary alicyclic amines) is 1. The van der Waals surface area contributed by atoms with Gasteiger partial charge in [-0.05, 0) is 74.4 Å². The summed E-state index contributed by atoms with van der Waals surface area (Å²) in [7, 11) is 7.07. The van der Waals surface area contributed by atoms with Crippen LogP contribution in [-0.2, 0) is 36.1 Å². The van der Waals surface area contributed by atoms with Gasteiger partial charge in [-0.1, -0.05) is 90.4 Å². The summed E-state index contributed by atoms with van der Waals surface area (Å²) in [4.78, 5) is 60.5. The van der Waals surface area contributed by atoms with Crippen LogP contribution in [0.2, 0.25) is 0 Å². The van der Waals surface area contributed by atoms with E-state index in [2.05, 4.69) is 24.5 Å². The Morgan fingerprint density at radius 1 is 0.929 bits per heavy atom. The molecule has 7 atom stereocenters. The molecule has 0 spiro atoms. The summed E-state index contributed by atoms with van der Waals surface area (Å²) in [6, 6.07) is 14.8. The SMILES string of the molecule is CCC(C)C(C(CC(=O)N1CCCC1CCC(=O)NC(Cc1ccccc1)SCc1ccc(F)cc1)OC)N(C)C(=O)C(NC(=O)C(C(C)C)N(C)C)C(C)C. The lowest BCUT2D eigenvalue weighted by Gasteiger charge is -2.40. The molecular formula is C44H68FN5O5S. The van der Waals surface area contributed by atoms with Gasteiger partial charge in [-0.15, -0.1) is 11.8 Å². The molecule has 1 aliphatic rings. The molecule has 1 heterocycles. The molecule has 2 aromatic rings. The summed E-state index contributed by atoms with van der Waals surface area (Å²) in [5.74, 6) is -0.253. The van der Waals surface area contributed by atoms with Gasteiger partial charge in [0.2, 0.25) is 23.6 Å². The first-order chi connectivity index (χ1) is 26.6. The molecule has 7 unspecified atom stereocenters. The molecule has 56 heavy (non-hydrogen) atoms. The number of carbonyl (C=O) groups is 4. The Morgan fingerprint density at radius 3 is 2.16 bits per heavy atom. The number of benzene rings is 2. The number of thioether (sulfide) groups is 1. The summed E-state index contributed by atoms with van der Waals surface area (Å²) < 4.78 is 19.5. The molecule has 0 saturated carbocycles. The van der Waals surface area contributed by atoms with Crippen LogP contribution in [0.1, 0.15) is 91.2 Å². The van der Waals surface area contributed by atoms with Crippen LogP contribution < -0.4 is 10.6 Å². The van der Waals surface area contributed by atoms with Crippen LogP contribution in [0.3, 0.4) is 0 Å². The topological polar surface area (TPSA) is 111 Å². The van der Waals surface area contributed by atoms with Gasteiger partial charge in [0.1, 0.15) is 11.9 Å². The first-order valence-electron chi connectivity index (χ1n) is 20.3. The van der Waals surface area contributed by atoms with Gasteiger partial charge in [0.15, 0.2) is 0 Å². The fourth-order valence-corrected chi connectivity index (χ4v) is 9.01. The number of amides is 4. The van der Waals surface area contributed by atoms with E-state index >= 15 is 0 Å². The summed E-state index contributed by atoms with van der Waals surface area (Å²) in [6.45, 7) is 12.6. The molecule has 1 fully saturated rings. The number of carbonyl (C=O) groups excluding carboxylic acids is 4. The molecule has 3 rings (SSSR count). The summed E-state index contributed by atoms with van der Waals surface area (Å²) in [5.41, 5.74) is 2.09. The van der Waals surface area contributed by atoms with Gasteiger partial charge in [-0.2, -0.15) is 0 Å². The minimum Gasteiger partial charge on any atom is -0.379 e. The van der Waals surface area contributed by atoms with Crippen molar-refractivity contribution in [3.05, 3.63) is 71.5 Å². The third-order valence-electron chi connectivity index (χ3n) is 11.1. The first kappa shape index (κ1) is 46.9. The summed E-state index contributed by atoms with van der Waals surface area (Å²) in [6.07, 6.45) is 3.44. The number of methoxy groups -OCH3 is 1. The van der Waals surface area contributed by atoms with Gasteiger partial charge in [0.25, 0.3) is 0 Å². The van der Waals surface area contributed by atoms with Crippen molar-refractivity contribution in [3.8, 4) is 0 Å². The smallest absolute Gasteiger partial charge is 0.245 e. The van der Waals surface area contributed by atoms with Crippen LogP contribution in [-0.4, -0.2) is 109 Å². The third kappa shape index (κ3) is 13.9. The molecule has 0 radical (unpaired) electrons. The quantitative estimate of drug-likeness (QED) is 0.131. The molecule has 312 valence electrons. The third-order valence-corrected chi connectivity index (χ3v) is 12.3. The van der Waals surface area contributed by atoms with E-state index in [0.717, 1.165) is 30.4 Å². The molecule has 0 aliphatic carbocycles. The lowest BCUT2D eigenvalue weighted by Crippen LogP contribution is -2.59. The number of hydrogen-bond donors (Lipinski definition) is 2. The number of halogens is 1. The molecule has 2 N–H and O–H groups in total. The van der Waals surface area contributed by atoms with Crippen molar-refractivity contribution in [3.63, 3.8) is 0 Å². The Balaban J connectivity index is 1.67. The number of nitrogens with zero attached hydrogens (tertiary/aromatic N) is 3. The van der Waals surface area contributed by atoms with Crippen LogP contribution in [0, 0.1) is 23.6 Å². The van der Waals surface area contributed by atoms with E-state index in [1.807, 2.05) is 81.9 Å². The Kier molecular flexibility index (Phi) is 19.3. The van der Waals surface area contributed by atoms with Crippen LogP contribution in [0.25, 0.3) is 0 Å². The van der Waals surface area contributed by atoms with Crippen molar-refractivity contribution in [2.24, 2.45) is 17.8 Å². The van der Waals surface area contributed by atoms with E-state index in [9.17, 15) is 23.6 Å². The van der Waals surface area contributed by atoms with Crippen LogP contribution in [0.5, 0.6) is 0 Å². The predicted molar refractivity (Wildman–Crippen MR) is 224 cm³/mol. The van der Waals surface area contributed by atoms with Crippen LogP contribution >= 0.6 is 11.8 Å². The molecule has 10 nitrogen and oxygen atoms in total. The second-order valence-electron chi connectivity index (χ2n) is 16.3. The second kappa shape index (κ2) is 23.1. The minimum atomic E-state index is -0.740. The average Bonchev–Trinajstić information content (AvgIpc) is 3.64. The van der Waals surface area contributed by atoms with E-state index in [1.54, 1.807) is 43.0 Å². The van der Waals surface area contributed by atoms with Gasteiger partial charge >= 0.3 is 0 Å². The number of nitrogens with one attached hydrogen (secondary N) is 2. The molecular weight excluding hydrogens is 730 g/mol. The zero-order valence-corrected chi connectivity index (χ0v) is 36.2. The molecule has 2 aromatic carbocycles. The Hall–Kier alpha value is -3.48. The molecule has 12 heteroatoms. The number of rotatable bonds is 22. The van der Waals surface area contributed by atoms with Crippen LogP contribution in [0.4, 0.5) is 4.39 Å². The first-order valence-corrected chi connectivity index (χ1v) is 21.4. The van der Waals surface area contributed by atoms with Crippen molar-refractivity contribution in [2.45, 2.75) is 128 Å². The van der Waals surface area contributed by atoms with Gasteiger partial charge in [-0.3, -0.25) is 24.1 Å². The molecule has 0 bridgehead atoms. The minimum absolute atomic E-state index is 0.0123. The second-order valence-corrected chi connectivity index (χ2v) is 17.5. The van der Waals surface area contributed by atoms with Gasteiger partial charge < -0.3 is 25.2 Å². The van der Waals surface area contributed by atoms with Crippen molar-refractivity contribution in [1.82, 2.24) is 25.3 Å². The zero-order chi connectivity index (χ0) is 41.5. The summed E-state index contributed by atoms with van der Waals surface area (Å²) in [5, 5.41) is 6.09. The summed E-state index contributed by atoms with van der Waals surface area (Å²) >= 11 is 1.61.